The van der Waals surface area contributed by atoms with E-state index in [4.69, 9.17) is 0 Å². The number of halogens is 2. The van der Waals surface area contributed by atoms with E-state index in [9.17, 15) is 13.6 Å². The predicted octanol–water partition coefficient (Wildman–Crippen LogP) is 2.72. The number of imidazole rings is 1. The fraction of sp³-hybridized carbons (Fsp3) is 0.125. The zero-order valence-corrected chi connectivity index (χ0v) is 11.4. The molecule has 6 heteroatoms. The summed E-state index contributed by atoms with van der Waals surface area (Å²) >= 11 is 0. The van der Waals surface area contributed by atoms with E-state index in [0.29, 0.717) is 41.1 Å². The Morgan fingerprint density at radius 2 is 1.91 bits per heavy atom. The minimum absolute atomic E-state index is 0.166. The van der Waals surface area contributed by atoms with Crippen LogP contribution in [0, 0.1) is 11.6 Å². The van der Waals surface area contributed by atoms with E-state index in [0.717, 1.165) is 6.07 Å². The normalized spacial score (nSPS) is 14.0. The predicted molar refractivity (Wildman–Crippen MR) is 77.4 cm³/mol. The minimum atomic E-state index is -0.655. The van der Waals surface area contributed by atoms with Gasteiger partial charge in [-0.05, 0) is 24.3 Å². The van der Waals surface area contributed by atoms with Gasteiger partial charge in [-0.2, -0.15) is 0 Å². The summed E-state index contributed by atoms with van der Waals surface area (Å²) in [7, 11) is 0. The largest absolute Gasteiger partial charge is 0.350 e. The standard InChI is InChI=1S/C16H11F2N3O/c17-10-6-9(7-11(18)8-10)15-20-13-3-1-2-12-14(13)21(15)5-4-19-16(12)22/h1-3,6-8H,4-5H2,(H,19,22). The third-order valence-electron chi connectivity index (χ3n) is 3.75. The molecule has 0 saturated carbocycles. The zero-order valence-electron chi connectivity index (χ0n) is 11.4. The highest BCUT2D eigenvalue weighted by molar-refractivity contribution is 6.06. The van der Waals surface area contributed by atoms with Crippen LogP contribution in [0.1, 0.15) is 10.4 Å². The summed E-state index contributed by atoms with van der Waals surface area (Å²) in [6.07, 6.45) is 0. The minimum Gasteiger partial charge on any atom is -0.350 e. The van der Waals surface area contributed by atoms with Crippen LogP contribution >= 0.6 is 0 Å². The number of nitrogens with zero attached hydrogens (tertiary/aromatic N) is 2. The number of para-hydroxylation sites is 1. The number of nitrogens with one attached hydrogen (secondary N) is 1. The monoisotopic (exact) mass is 299 g/mol. The third kappa shape index (κ3) is 1.88. The summed E-state index contributed by atoms with van der Waals surface area (Å²) in [4.78, 5) is 16.5. The van der Waals surface area contributed by atoms with Crippen molar-refractivity contribution in [1.82, 2.24) is 14.9 Å². The third-order valence-corrected chi connectivity index (χ3v) is 3.75. The van der Waals surface area contributed by atoms with Crippen molar-refractivity contribution < 1.29 is 13.6 Å². The maximum absolute atomic E-state index is 13.5. The zero-order chi connectivity index (χ0) is 15.3. The second kappa shape index (κ2) is 4.62. The van der Waals surface area contributed by atoms with Gasteiger partial charge in [-0.1, -0.05) is 6.07 Å². The molecule has 1 aliphatic rings. The van der Waals surface area contributed by atoms with Crippen LogP contribution in [-0.4, -0.2) is 22.0 Å². The summed E-state index contributed by atoms with van der Waals surface area (Å²) < 4.78 is 28.8. The van der Waals surface area contributed by atoms with Crippen LogP contribution in [0.15, 0.2) is 36.4 Å². The van der Waals surface area contributed by atoms with Crippen LogP contribution in [0.4, 0.5) is 8.78 Å². The van der Waals surface area contributed by atoms with Gasteiger partial charge in [0.05, 0.1) is 16.6 Å². The van der Waals surface area contributed by atoms with Gasteiger partial charge in [0, 0.05) is 24.7 Å². The smallest absolute Gasteiger partial charge is 0.253 e. The molecule has 110 valence electrons. The molecule has 1 aromatic heterocycles. The molecule has 1 aliphatic heterocycles. The Balaban J connectivity index is 2.05. The van der Waals surface area contributed by atoms with E-state index >= 15 is 0 Å². The van der Waals surface area contributed by atoms with Crippen molar-refractivity contribution in [3.63, 3.8) is 0 Å². The highest BCUT2D eigenvalue weighted by atomic mass is 19.1. The van der Waals surface area contributed by atoms with E-state index in [1.54, 1.807) is 18.2 Å². The maximum Gasteiger partial charge on any atom is 0.253 e. The van der Waals surface area contributed by atoms with E-state index < -0.39 is 11.6 Å². The number of hydrogen-bond donors (Lipinski definition) is 1. The molecule has 1 amide bonds. The Morgan fingerprint density at radius 1 is 1.14 bits per heavy atom. The molecular formula is C16H11F2N3O. The van der Waals surface area contributed by atoms with Crippen LogP contribution in [0.25, 0.3) is 22.4 Å². The molecule has 22 heavy (non-hydrogen) atoms. The molecular weight excluding hydrogens is 288 g/mol. The number of amides is 1. The molecule has 0 fully saturated rings. The fourth-order valence-corrected chi connectivity index (χ4v) is 2.87. The second-order valence-electron chi connectivity index (χ2n) is 5.17. The molecule has 3 aromatic rings. The molecule has 0 atom stereocenters. The maximum atomic E-state index is 13.5. The summed E-state index contributed by atoms with van der Waals surface area (Å²) in [6, 6.07) is 8.56. The van der Waals surface area contributed by atoms with E-state index in [-0.39, 0.29) is 5.91 Å². The lowest BCUT2D eigenvalue weighted by Gasteiger charge is -2.07. The lowest BCUT2D eigenvalue weighted by atomic mass is 10.1. The number of carbonyl (C=O) groups excluding carboxylic acids is 1. The molecule has 2 aromatic carbocycles. The average molecular weight is 299 g/mol. The molecule has 0 unspecified atom stereocenters. The molecule has 0 radical (unpaired) electrons. The summed E-state index contributed by atoms with van der Waals surface area (Å²) in [5.41, 5.74) is 2.20. The Labute approximate surface area is 124 Å². The Bertz CT molecular complexity index is 897. The quantitative estimate of drug-likeness (QED) is 0.751. The lowest BCUT2D eigenvalue weighted by molar-refractivity contribution is 0.0956. The van der Waals surface area contributed by atoms with Crippen molar-refractivity contribution in [3.8, 4) is 11.4 Å². The number of aromatic nitrogens is 2. The molecule has 4 nitrogen and oxygen atoms in total. The summed E-state index contributed by atoms with van der Waals surface area (Å²) in [5, 5.41) is 2.80. The van der Waals surface area contributed by atoms with Crippen LogP contribution in [-0.2, 0) is 6.54 Å². The second-order valence-corrected chi connectivity index (χ2v) is 5.17. The summed E-state index contributed by atoms with van der Waals surface area (Å²) in [6.45, 7) is 0.927. The van der Waals surface area contributed by atoms with Gasteiger partial charge in [-0.3, -0.25) is 4.79 Å². The van der Waals surface area contributed by atoms with E-state index in [2.05, 4.69) is 10.3 Å². The van der Waals surface area contributed by atoms with Gasteiger partial charge in [-0.15, -0.1) is 0 Å². The first-order chi connectivity index (χ1) is 10.6. The highest BCUT2D eigenvalue weighted by Crippen LogP contribution is 2.29. The molecule has 0 bridgehead atoms. The van der Waals surface area contributed by atoms with Crippen LogP contribution < -0.4 is 5.32 Å². The van der Waals surface area contributed by atoms with Crippen LogP contribution in [0.2, 0.25) is 0 Å². The first-order valence-electron chi connectivity index (χ1n) is 6.87. The van der Waals surface area contributed by atoms with E-state index in [1.807, 2.05) is 4.57 Å². The summed E-state index contributed by atoms with van der Waals surface area (Å²) in [5.74, 6) is -1.02. The van der Waals surface area contributed by atoms with Gasteiger partial charge >= 0.3 is 0 Å². The highest BCUT2D eigenvalue weighted by Gasteiger charge is 2.22. The molecule has 0 spiro atoms. The van der Waals surface area contributed by atoms with Gasteiger partial charge in [-0.25, -0.2) is 13.8 Å². The van der Waals surface area contributed by atoms with Crippen molar-refractivity contribution in [2.45, 2.75) is 6.54 Å². The molecule has 0 aliphatic carbocycles. The fourth-order valence-electron chi connectivity index (χ4n) is 2.87. The van der Waals surface area contributed by atoms with E-state index in [1.165, 1.54) is 12.1 Å². The molecule has 0 saturated heterocycles. The van der Waals surface area contributed by atoms with Gasteiger partial charge in [0.2, 0.25) is 0 Å². The van der Waals surface area contributed by atoms with Gasteiger partial charge in [0.1, 0.15) is 17.5 Å². The molecule has 1 N–H and O–H groups in total. The van der Waals surface area contributed by atoms with Crippen molar-refractivity contribution in [2.75, 3.05) is 6.54 Å². The topological polar surface area (TPSA) is 46.9 Å². The van der Waals surface area contributed by atoms with Crippen molar-refractivity contribution in [3.05, 3.63) is 53.6 Å². The first-order valence-corrected chi connectivity index (χ1v) is 6.87. The first kappa shape index (κ1) is 12.9. The average Bonchev–Trinajstić information content (AvgIpc) is 2.76. The number of rotatable bonds is 1. The van der Waals surface area contributed by atoms with Gasteiger partial charge < -0.3 is 9.88 Å². The Morgan fingerprint density at radius 3 is 2.68 bits per heavy atom. The van der Waals surface area contributed by atoms with Gasteiger partial charge in [0.15, 0.2) is 0 Å². The van der Waals surface area contributed by atoms with Crippen molar-refractivity contribution in [1.29, 1.82) is 0 Å². The lowest BCUT2D eigenvalue weighted by Crippen LogP contribution is -2.24. The van der Waals surface area contributed by atoms with Crippen molar-refractivity contribution >= 4 is 16.9 Å². The van der Waals surface area contributed by atoms with Crippen LogP contribution in [0.5, 0.6) is 0 Å². The Hall–Kier alpha value is -2.76. The van der Waals surface area contributed by atoms with Crippen molar-refractivity contribution in [2.24, 2.45) is 0 Å². The van der Waals surface area contributed by atoms with Gasteiger partial charge in [0.25, 0.3) is 5.91 Å². The number of carbonyl (C=O) groups is 1. The van der Waals surface area contributed by atoms with Crippen LogP contribution in [0.3, 0.4) is 0 Å². The Kier molecular flexibility index (Phi) is 2.72. The number of hydrogen-bond acceptors (Lipinski definition) is 2. The molecule has 4 rings (SSSR count). The molecule has 2 heterocycles. The SMILES string of the molecule is O=C1NCCn2c(-c3cc(F)cc(F)c3)nc3cccc1c32. The number of benzene rings is 2.